The van der Waals surface area contributed by atoms with Crippen molar-refractivity contribution in [3.05, 3.63) is 56.2 Å². The first-order chi connectivity index (χ1) is 17.2. The van der Waals surface area contributed by atoms with Crippen LogP contribution in [0.1, 0.15) is 70.4 Å². The van der Waals surface area contributed by atoms with Crippen LogP contribution in [0.2, 0.25) is 0 Å². The number of aryl methyl sites for hydroxylation is 1. The van der Waals surface area contributed by atoms with Gasteiger partial charge in [0.15, 0.2) is 5.54 Å². The monoisotopic (exact) mass is 589 g/mol. The number of hydrogen-bond acceptors (Lipinski definition) is 7. The number of ether oxygens (including phenoxy) is 2. The van der Waals surface area contributed by atoms with Gasteiger partial charge < -0.3 is 9.47 Å². The lowest BCUT2D eigenvalue weighted by Gasteiger charge is -2.31. The van der Waals surface area contributed by atoms with Gasteiger partial charge in [-0.3, -0.25) is 9.69 Å². The van der Waals surface area contributed by atoms with Gasteiger partial charge in [-0.25, -0.2) is 14.6 Å². The van der Waals surface area contributed by atoms with Crippen LogP contribution < -0.4 is 0 Å². The van der Waals surface area contributed by atoms with Crippen molar-refractivity contribution < 1.29 is 23.9 Å². The van der Waals surface area contributed by atoms with E-state index in [1.165, 1.54) is 4.90 Å². The molecule has 1 aromatic carbocycles. The van der Waals surface area contributed by atoms with E-state index >= 15 is 0 Å². The highest BCUT2D eigenvalue weighted by Crippen LogP contribution is 2.48. The molecule has 2 aliphatic rings. The summed E-state index contributed by atoms with van der Waals surface area (Å²) in [6, 6.07) is 11.3. The van der Waals surface area contributed by atoms with Crippen molar-refractivity contribution in [1.82, 2.24) is 9.80 Å². The van der Waals surface area contributed by atoms with E-state index in [9.17, 15) is 14.4 Å². The fraction of sp³-hybridized carbons (Fsp3) is 0.481. The van der Waals surface area contributed by atoms with E-state index in [1.807, 2.05) is 36.4 Å². The number of halogens is 1. The zero-order chi connectivity index (χ0) is 27.2. The van der Waals surface area contributed by atoms with Crippen LogP contribution in [0.5, 0.6) is 0 Å². The van der Waals surface area contributed by atoms with E-state index in [0.29, 0.717) is 6.42 Å². The van der Waals surface area contributed by atoms with Crippen LogP contribution in [-0.4, -0.2) is 45.1 Å². The molecule has 4 rings (SSSR count). The molecule has 2 heterocycles. The smallest absolute Gasteiger partial charge is 0.427 e. The van der Waals surface area contributed by atoms with Gasteiger partial charge in [0, 0.05) is 10.4 Å². The third-order valence-corrected chi connectivity index (χ3v) is 7.53. The van der Waals surface area contributed by atoms with E-state index in [-0.39, 0.29) is 18.4 Å². The molecule has 0 saturated heterocycles. The van der Waals surface area contributed by atoms with Gasteiger partial charge in [-0.15, -0.1) is 16.2 Å². The van der Waals surface area contributed by atoms with Crippen LogP contribution in [0.15, 0.2) is 45.2 Å². The van der Waals surface area contributed by atoms with Gasteiger partial charge in [0.1, 0.15) is 11.2 Å². The Hall–Kier alpha value is -2.72. The molecule has 1 spiro atoms. The number of aliphatic imine (C=N–C) groups is 1. The highest BCUT2D eigenvalue weighted by molar-refractivity contribution is 9.11. The molecule has 8 nitrogen and oxygen atoms in total. The van der Waals surface area contributed by atoms with E-state index in [0.717, 1.165) is 37.5 Å². The molecule has 0 saturated carbocycles. The van der Waals surface area contributed by atoms with Gasteiger partial charge in [0.05, 0.1) is 10.3 Å². The zero-order valence-corrected chi connectivity index (χ0v) is 24.4. The molecule has 2 aromatic rings. The average Bonchev–Trinajstić information content (AvgIpc) is 3.27. The Balaban J connectivity index is 1.87. The van der Waals surface area contributed by atoms with Crippen molar-refractivity contribution in [2.75, 3.05) is 0 Å². The lowest BCUT2D eigenvalue weighted by Crippen LogP contribution is -2.52. The summed E-state index contributed by atoms with van der Waals surface area (Å²) in [6.45, 7) is 10.4. The van der Waals surface area contributed by atoms with Crippen molar-refractivity contribution in [3.8, 4) is 0 Å². The van der Waals surface area contributed by atoms with Crippen molar-refractivity contribution in [2.24, 2.45) is 4.99 Å². The highest BCUT2D eigenvalue weighted by atomic mass is 79.9. The minimum Gasteiger partial charge on any atom is -0.443 e. The predicted molar refractivity (Wildman–Crippen MR) is 145 cm³/mol. The van der Waals surface area contributed by atoms with Gasteiger partial charge in [-0.05, 0) is 88.4 Å². The van der Waals surface area contributed by atoms with Crippen LogP contribution in [0.25, 0.3) is 0 Å². The number of amides is 3. The molecular formula is C27H32BrN3O5S. The first-order valence-electron chi connectivity index (χ1n) is 12.2. The molecule has 3 amide bonds. The Bertz CT molecular complexity index is 1220. The Morgan fingerprint density at radius 2 is 1.68 bits per heavy atom. The fourth-order valence-corrected chi connectivity index (χ4v) is 6.25. The summed E-state index contributed by atoms with van der Waals surface area (Å²) in [4.78, 5) is 49.4. The van der Waals surface area contributed by atoms with Crippen molar-refractivity contribution >= 4 is 51.3 Å². The molecule has 0 radical (unpaired) electrons. The second-order valence-corrected chi connectivity index (χ2v) is 13.7. The van der Waals surface area contributed by atoms with Crippen LogP contribution in [0, 0.1) is 0 Å². The average molecular weight is 591 g/mol. The lowest BCUT2D eigenvalue weighted by atomic mass is 9.80. The highest BCUT2D eigenvalue weighted by Gasteiger charge is 2.55. The second-order valence-electron chi connectivity index (χ2n) is 11.2. The van der Waals surface area contributed by atoms with E-state index in [2.05, 4.69) is 15.9 Å². The largest absolute Gasteiger partial charge is 0.443 e. The van der Waals surface area contributed by atoms with Crippen LogP contribution in [0.4, 0.5) is 9.59 Å². The predicted octanol–water partition coefficient (Wildman–Crippen LogP) is 6.61. The van der Waals surface area contributed by atoms with Gasteiger partial charge in [0.2, 0.25) is 5.96 Å². The van der Waals surface area contributed by atoms with Crippen LogP contribution in [0.3, 0.4) is 0 Å². The molecule has 0 fully saturated rings. The summed E-state index contributed by atoms with van der Waals surface area (Å²) in [5.74, 6) is -0.373. The maximum absolute atomic E-state index is 14.3. The summed E-state index contributed by atoms with van der Waals surface area (Å²) < 4.78 is 12.1. The summed E-state index contributed by atoms with van der Waals surface area (Å²) in [6.07, 6.45) is 0.150. The third-order valence-electron chi connectivity index (χ3n) is 5.83. The lowest BCUT2D eigenvalue weighted by molar-refractivity contribution is -0.132. The summed E-state index contributed by atoms with van der Waals surface area (Å²) in [5.41, 5.74) is -1.38. The van der Waals surface area contributed by atoms with Gasteiger partial charge in [0.25, 0.3) is 5.91 Å². The molecule has 0 N–H and O–H groups in total. The topological polar surface area (TPSA) is 88.5 Å². The minimum absolute atomic E-state index is 0.0903. The Labute approximate surface area is 229 Å². The van der Waals surface area contributed by atoms with Crippen molar-refractivity contribution in [3.63, 3.8) is 0 Å². The molecule has 1 aliphatic heterocycles. The molecule has 1 aliphatic carbocycles. The van der Waals surface area contributed by atoms with Crippen molar-refractivity contribution in [1.29, 1.82) is 0 Å². The number of carbonyl (C=O) groups is 3. The van der Waals surface area contributed by atoms with E-state index in [1.54, 1.807) is 52.9 Å². The number of benzene rings is 1. The molecule has 1 atom stereocenters. The number of rotatable bonds is 2. The van der Waals surface area contributed by atoms with Crippen LogP contribution >= 0.6 is 27.3 Å². The van der Waals surface area contributed by atoms with Crippen LogP contribution in [-0.2, 0) is 32.8 Å². The van der Waals surface area contributed by atoms with Gasteiger partial charge in [-0.2, -0.15) is 0 Å². The molecule has 10 heteroatoms. The number of imide groups is 1. The first-order valence-corrected chi connectivity index (χ1v) is 13.8. The summed E-state index contributed by atoms with van der Waals surface area (Å²) in [7, 11) is 0. The first kappa shape index (κ1) is 27.3. The van der Waals surface area contributed by atoms with Gasteiger partial charge >= 0.3 is 12.2 Å². The fourth-order valence-electron chi connectivity index (χ4n) is 4.43. The normalized spacial score (nSPS) is 19.5. The van der Waals surface area contributed by atoms with Crippen molar-refractivity contribution in [2.45, 2.75) is 84.1 Å². The molecule has 198 valence electrons. The molecular weight excluding hydrogens is 558 g/mol. The molecule has 37 heavy (non-hydrogen) atoms. The zero-order valence-electron chi connectivity index (χ0n) is 22.0. The molecule has 1 unspecified atom stereocenters. The van der Waals surface area contributed by atoms with E-state index in [4.69, 9.17) is 14.5 Å². The van der Waals surface area contributed by atoms with E-state index < -0.39 is 28.9 Å². The Kier molecular flexibility index (Phi) is 7.29. The number of thiophene rings is 1. The minimum atomic E-state index is -1.23. The quantitative estimate of drug-likeness (QED) is 0.393. The SMILES string of the molecule is CC(C)(C)OC(=O)N(C(=O)OC(C)(C)C)C1=NC2(CCCc3sc(Br)cc32)C(=O)N1Cc1ccccc1. The maximum Gasteiger partial charge on any atom is 0.427 e. The Morgan fingerprint density at radius 1 is 1.08 bits per heavy atom. The summed E-state index contributed by atoms with van der Waals surface area (Å²) in [5, 5.41) is 0. The number of nitrogens with zero attached hydrogens (tertiary/aromatic N) is 3. The molecule has 0 bridgehead atoms. The van der Waals surface area contributed by atoms with Gasteiger partial charge in [-0.1, -0.05) is 30.3 Å². The molecule has 1 aromatic heterocycles. The number of hydrogen-bond donors (Lipinski definition) is 0. The third kappa shape index (κ3) is 5.75. The maximum atomic E-state index is 14.3. The Morgan fingerprint density at radius 3 is 2.24 bits per heavy atom. The number of carbonyl (C=O) groups excluding carboxylic acids is 3. The standard InChI is InChI=1S/C27H32BrN3O5S/c1-25(2,3)35-23(33)31(24(34)36-26(4,5)6)22-29-27(14-10-13-19-18(27)15-20(28)37-19)21(32)30(22)16-17-11-8-7-9-12-17/h7-9,11-12,15H,10,13-14,16H2,1-6H3. The summed E-state index contributed by atoms with van der Waals surface area (Å²) >= 11 is 5.13. The number of fused-ring (bicyclic) bond motifs is 2. The number of guanidine groups is 1. The second kappa shape index (κ2) is 9.87.